The fourth-order valence-corrected chi connectivity index (χ4v) is 5.68. The van der Waals surface area contributed by atoms with Gasteiger partial charge in [0.05, 0.1) is 23.0 Å². The number of pyridine rings is 1. The number of amides is 1. The molecule has 2 N–H and O–H groups in total. The van der Waals surface area contributed by atoms with Gasteiger partial charge < -0.3 is 10.3 Å². The van der Waals surface area contributed by atoms with Gasteiger partial charge in [0, 0.05) is 30.1 Å². The van der Waals surface area contributed by atoms with Crippen LogP contribution in [0.1, 0.15) is 28.4 Å². The van der Waals surface area contributed by atoms with Crippen molar-refractivity contribution in [2.24, 2.45) is 0 Å². The van der Waals surface area contributed by atoms with Crippen LogP contribution in [-0.4, -0.2) is 41.7 Å². The third-order valence-electron chi connectivity index (χ3n) is 5.93. The van der Waals surface area contributed by atoms with E-state index in [1.807, 2.05) is 18.2 Å². The van der Waals surface area contributed by atoms with Gasteiger partial charge >= 0.3 is 0 Å². The van der Waals surface area contributed by atoms with Crippen LogP contribution in [-0.2, 0) is 10.0 Å². The van der Waals surface area contributed by atoms with Crippen LogP contribution in [0.15, 0.2) is 71.9 Å². The highest BCUT2D eigenvalue weighted by Crippen LogP contribution is 2.33. The molecule has 3 heterocycles. The van der Waals surface area contributed by atoms with Crippen molar-refractivity contribution in [2.75, 3.05) is 18.4 Å². The number of rotatable bonds is 5. The molecular formula is C24H20F2N4O3S. The molecule has 174 valence electrons. The molecule has 1 saturated heterocycles. The second-order valence-corrected chi connectivity index (χ2v) is 10.1. The maximum atomic E-state index is 13.3. The van der Waals surface area contributed by atoms with E-state index in [1.165, 1.54) is 28.7 Å². The van der Waals surface area contributed by atoms with E-state index in [0.717, 1.165) is 34.8 Å². The van der Waals surface area contributed by atoms with Gasteiger partial charge in [0.1, 0.15) is 17.3 Å². The van der Waals surface area contributed by atoms with Crippen LogP contribution in [0.25, 0.3) is 10.9 Å². The van der Waals surface area contributed by atoms with Crippen molar-refractivity contribution >= 4 is 32.5 Å². The molecule has 0 saturated carbocycles. The third-order valence-corrected chi connectivity index (χ3v) is 7.81. The number of anilines is 1. The van der Waals surface area contributed by atoms with E-state index in [1.54, 1.807) is 6.07 Å². The number of aromatic nitrogens is 2. The summed E-state index contributed by atoms with van der Waals surface area (Å²) in [5.74, 6) is -1.47. The lowest BCUT2D eigenvalue weighted by atomic mass is 9.97. The second-order valence-electron chi connectivity index (χ2n) is 8.18. The largest absolute Gasteiger partial charge is 0.351 e. The Balaban J connectivity index is 1.33. The molecule has 1 atom stereocenters. The summed E-state index contributed by atoms with van der Waals surface area (Å²) in [7, 11) is -3.70. The zero-order valence-electron chi connectivity index (χ0n) is 17.8. The molecule has 5 rings (SSSR count). The lowest BCUT2D eigenvalue weighted by Gasteiger charge is -2.17. The third kappa shape index (κ3) is 4.29. The highest BCUT2D eigenvalue weighted by atomic mass is 32.2. The maximum Gasteiger partial charge on any atom is 0.272 e. The lowest BCUT2D eigenvalue weighted by Crippen LogP contribution is -2.28. The predicted octanol–water partition coefficient (Wildman–Crippen LogP) is 4.27. The number of hydrogen-bond acceptors (Lipinski definition) is 4. The van der Waals surface area contributed by atoms with E-state index in [-0.39, 0.29) is 16.5 Å². The van der Waals surface area contributed by atoms with Crippen molar-refractivity contribution < 1.29 is 22.0 Å². The standard InChI is InChI=1S/C24H20F2N4O3S/c25-18-2-4-21(5-3-18)34(32,33)30-8-7-16(14-30)15-1-6-22-17(9-15)10-23(29-22)24(31)28-20-11-19(26)12-27-13-20/h1-6,9-13,16,29H,7-8,14H2,(H,28,31). The molecule has 0 aliphatic carbocycles. The zero-order valence-corrected chi connectivity index (χ0v) is 18.6. The summed E-state index contributed by atoms with van der Waals surface area (Å²) in [6, 6.07) is 13.4. The van der Waals surface area contributed by atoms with Gasteiger partial charge in [0.15, 0.2) is 0 Å². The summed E-state index contributed by atoms with van der Waals surface area (Å²) < 4.78 is 53.7. The molecule has 0 radical (unpaired) electrons. The van der Waals surface area contributed by atoms with E-state index in [9.17, 15) is 22.0 Å². The minimum atomic E-state index is -3.70. The Morgan fingerprint density at radius 2 is 1.82 bits per heavy atom. The van der Waals surface area contributed by atoms with Gasteiger partial charge in [-0.1, -0.05) is 6.07 Å². The summed E-state index contributed by atoms with van der Waals surface area (Å²) in [6.45, 7) is 0.681. The topological polar surface area (TPSA) is 95.2 Å². The SMILES string of the molecule is O=C(Nc1cncc(F)c1)c1cc2cc(C3CCN(S(=O)(=O)c4ccc(F)cc4)C3)ccc2[nH]1. The number of carbonyl (C=O) groups is 1. The van der Waals surface area contributed by atoms with Crippen LogP contribution in [0.5, 0.6) is 0 Å². The van der Waals surface area contributed by atoms with Crippen molar-refractivity contribution in [3.05, 3.63) is 89.9 Å². The van der Waals surface area contributed by atoms with Crippen LogP contribution in [0.2, 0.25) is 0 Å². The van der Waals surface area contributed by atoms with Gasteiger partial charge in [-0.25, -0.2) is 17.2 Å². The summed E-state index contributed by atoms with van der Waals surface area (Å²) >= 11 is 0. The average Bonchev–Trinajstić information content (AvgIpc) is 3.47. The summed E-state index contributed by atoms with van der Waals surface area (Å²) in [6.07, 6.45) is 3.05. The van der Waals surface area contributed by atoms with Gasteiger partial charge in [-0.2, -0.15) is 4.31 Å². The van der Waals surface area contributed by atoms with E-state index in [4.69, 9.17) is 0 Å². The average molecular weight is 483 g/mol. The number of H-pyrrole nitrogens is 1. The van der Waals surface area contributed by atoms with Gasteiger partial charge in [-0.15, -0.1) is 0 Å². The van der Waals surface area contributed by atoms with Crippen LogP contribution >= 0.6 is 0 Å². The van der Waals surface area contributed by atoms with Gasteiger partial charge in [-0.05, 0) is 60.4 Å². The summed E-state index contributed by atoms with van der Waals surface area (Å²) in [5.41, 5.74) is 2.27. The Labute approximate surface area is 194 Å². The van der Waals surface area contributed by atoms with Crippen molar-refractivity contribution in [1.29, 1.82) is 0 Å². The fourth-order valence-electron chi connectivity index (χ4n) is 4.18. The fraction of sp³-hybridized carbons (Fsp3) is 0.167. The molecule has 10 heteroatoms. The number of benzene rings is 2. The summed E-state index contributed by atoms with van der Waals surface area (Å²) in [4.78, 5) is 19.4. The number of halogens is 2. The molecule has 1 fully saturated rings. The molecule has 2 aromatic heterocycles. The first-order valence-electron chi connectivity index (χ1n) is 10.6. The number of fused-ring (bicyclic) bond motifs is 1. The molecule has 2 aromatic carbocycles. The number of nitrogens with zero attached hydrogens (tertiary/aromatic N) is 2. The molecular weight excluding hydrogens is 462 g/mol. The lowest BCUT2D eigenvalue weighted by molar-refractivity contribution is 0.102. The molecule has 34 heavy (non-hydrogen) atoms. The number of aromatic amines is 1. The minimum absolute atomic E-state index is 0.00910. The van der Waals surface area contributed by atoms with Crippen molar-refractivity contribution in [1.82, 2.24) is 14.3 Å². The van der Waals surface area contributed by atoms with Crippen molar-refractivity contribution in [3.8, 4) is 0 Å². The van der Waals surface area contributed by atoms with Crippen molar-refractivity contribution in [3.63, 3.8) is 0 Å². The Hall–Kier alpha value is -3.63. The van der Waals surface area contributed by atoms with Gasteiger partial charge in [0.2, 0.25) is 10.0 Å². The van der Waals surface area contributed by atoms with Crippen molar-refractivity contribution in [2.45, 2.75) is 17.2 Å². The van der Waals surface area contributed by atoms with E-state index >= 15 is 0 Å². The molecule has 0 bridgehead atoms. The molecule has 1 unspecified atom stereocenters. The van der Waals surface area contributed by atoms with E-state index < -0.39 is 27.6 Å². The highest BCUT2D eigenvalue weighted by molar-refractivity contribution is 7.89. The number of carbonyl (C=O) groups excluding carboxylic acids is 1. The Bertz CT molecular complexity index is 1490. The van der Waals surface area contributed by atoms with Gasteiger partial charge in [-0.3, -0.25) is 9.78 Å². The first-order valence-corrected chi connectivity index (χ1v) is 12.0. The minimum Gasteiger partial charge on any atom is -0.351 e. The Morgan fingerprint density at radius 3 is 2.59 bits per heavy atom. The first-order chi connectivity index (χ1) is 16.3. The Kier molecular flexibility index (Phi) is 5.62. The molecule has 1 aliphatic heterocycles. The second kappa shape index (κ2) is 8.62. The molecule has 0 spiro atoms. The number of nitrogens with one attached hydrogen (secondary N) is 2. The molecule has 4 aromatic rings. The first kappa shape index (κ1) is 22.2. The van der Waals surface area contributed by atoms with Crippen LogP contribution in [0, 0.1) is 11.6 Å². The van der Waals surface area contributed by atoms with E-state index in [0.29, 0.717) is 25.2 Å². The van der Waals surface area contributed by atoms with E-state index in [2.05, 4.69) is 15.3 Å². The van der Waals surface area contributed by atoms with Crippen LogP contribution in [0.3, 0.4) is 0 Å². The van der Waals surface area contributed by atoms with Crippen LogP contribution in [0.4, 0.5) is 14.5 Å². The molecule has 1 aliphatic rings. The predicted molar refractivity (Wildman–Crippen MR) is 123 cm³/mol. The monoisotopic (exact) mass is 482 g/mol. The molecule has 7 nitrogen and oxygen atoms in total. The Morgan fingerprint density at radius 1 is 1.03 bits per heavy atom. The zero-order chi connectivity index (χ0) is 23.9. The smallest absolute Gasteiger partial charge is 0.272 e. The van der Waals surface area contributed by atoms with Crippen LogP contribution < -0.4 is 5.32 Å². The summed E-state index contributed by atoms with van der Waals surface area (Å²) in [5, 5.41) is 3.41. The van der Waals surface area contributed by atoms with Gasteiger partial charge in [0.25, 0.3) is 5.91 Å². The number of sulfonamides is 1. The maximum absolute atomic E-state index is 13.3. The highest BCUT2D eigenvalue weighted by Gasteiger charge is 2.33. The normalized spacial score (nSPS) is 16.7. The quantitative estimate of drug-likeness (QED) is 0.444. The molecule has 1 amide bonds. The number of hydrogen-bond donors (Lipinski definition) is 2.